The van der Waals surface area contributed by atoms with Crippen LogP contribution in [0.15, 0.2) is 36.7 Å². The number of carbonyl (C=O) groups excluding carboxylic acids is 1. The Bertz CT molecular complexity index is 674. The molecule has 128 valence electrons. The molecule has 2 heterocycles. The number of aryl methyl sites for hydroxylation is 1. The van der Waals surface area contributed by atoms with Crippen LogP contribution in [0.2, 0.25) is 0 Å². The van der Waals surface area contributed by atoms with Crippen molar-refractivity contribution in [3.05, 3.63) is 42.2 Å². The van der Waals surface area contributed by atoms with Crippen molar-refractivity contribution in [3.63, 3.8) is 0 Å². The van der Waals surface area contributed by atoms with Gasteiger partial charge in [-0.25, -0.2) is 4.79 Å². The largest absolute Gasteiger partial charge is 0.370 e. The summed E-state index contributed by atoms with van der Waals surface area (Å²) in [7, 11) is 1.86. The molecule has 0 spiro atoms. The molecule has 2 amide bonds. The molecule has 3 rings (SSSR count). The maximum atomic E-state index is 12.2. The third kappa shape index (κ3) is 4.28. The Kier molecular flexibility index (Phi) is 5.36. The Balaban J connectivity index is 1.62. The van der Waals surface area contributed by atoms with Gasteiger partial charge in [-0.15, -0.1) is 0 Å². The Hall–Kier alpha value is -2.50. The highest BCUT2D eigenvalue weighted by Gasteiger charge is 2.14. The maximum absolute atomic E-state index is 12.2. The van der Waals surface area contributed by atoms with Gasteiger partial charge < -0.3 is 15.5 Å². The van der Waals surface area contributed by atoms with E-state index in [0.717, 1.165) is 30.0 Å². The molecule has 1 aromatic carbocycles. The van der Waals surface area contributed by atoms with E-state index in [1.165, 1.54) is 25.7 Å². The van der Waals surface area contributed by atoms with Crippen LogP contribution < -0.4 is 15.5 Å². The number of para-hydroxylation sites is 2. The van der Waals surface area contributed by atoms with Gasteiger partial charge in [0.05, 0.1) is 17.6 Å². The number of anilines is 2. The van der Waals surface area contributed by atoms with E-state index in [-0.39, 0.29) is 6.03 Å². The molecule has 1 aromatic heterocycles. The zero-order valence-corrected chi connectivity index (χ0v) is 14.2. The van der Waals surface area contributed by atoms with Crippen LogP contribution in [0.5, 0.6) is 0 Å². The normalized spacial score (nSPS) is 15.0. The molecular formula is C18H25N5O. The fourth-order valence-corrected chi connectivity index (χ4v) is 3.08. The van der Waals surface area contributed by atoms with Crippen LogP contribution in [0.25, 0.3) is 0 Å². The lowest BCUT2D eigenvalue weighted by Gasteiger charge is -2.25. The van der Waals surface area contributed by atoms with Crippen molar-refractivity contribution in [2.45, 2.75) is 32.2 Å². The van der Waals surface area contributed by atoms with E-state index in [9.17, 15) is 4.79 Å². The van der Waals surface area contributed by atoms with Gasteiger partial charge in [0.15, 0.2) is 0 Å². The number of aromatic nitrogens is 2. The molecule has 6 nitrogen and oxygen atoms in total. The summed E-state index contributed by atoms with van der Waals surface area (Å²) < 4.78 is 1.73. The minimum atomic E-state index is -0.193. The van der Waals surface area contributed by atoms with E-state index >= 15 is 0 Å². The van der Waals surface area contributed by atoms with Gasteiger partial charge >= 0.3 is 6.03 Å². The molecule has 1 aliphatic rings. The van der Waals surface area contributed by atoms with Gasteiger partial charge in [-0.3, -0.25) is 4.68 Å². The first-order chi connectivity index (χ1) is 11.7. The molecule has 0 bridgehead atoms. The van der Waals surface area contributed by atoms with Gasteiger partial charge in [-0.1, -0.05) is 25.0 Å². The highest BCUT2D eigenvalue weighted by atomic mass is 16.2. The van der Waals surface area contributed by atoms with Gasteiger partial charge in [-0.2, -0.15) is 5.10 Å². The standard InChI is InChI=1S/C18H25N5O/c1-22-14-15(13-20-22)12-19-18(24)21-16-8-4-5-9-17(16)23-10-6-2-3-7-11-23/h4-5,8-9,13-14H,2-3,6-7,10-12H2,1H3,(H2,19,21,24). The van der Waals surface area contributed by atoms with Crippen molar-refractivity contribution in [2.24, 2.45) is 7.05 Å². The summed E-state index contributed by atoms with van der Waals surface area (Å²) in [6.45, 7) is 2.57. The van der Waals surface area contributed by atoms with E-state index in [0.29, 0.717) is 6.54 Å². The van der Waals surface area contributed by atoms with Gasteiger partial charge in [-0.05, 0) is 25.0 Å². The van der Waals surface area contributed by atoms with Crippen LogP contribution in [0.1, 0.15) is 31.2 Å². The highest BCUT2D eigenvalue weighted by Crippen LogP contribution is 2.27. The topological polar surface area (TPSA) is 62.2 Å². The SMILES string of the molecule is Cn1cc(CNC(=O)Nc2ccccc2N2CCCCCC2)cn1. The van der Waals surface area contributed by atoms with Crippen LogP contribution in [0, 0.1) is 0 Å². The first kappa shape index (κ1) is 16.4. The number of benzene rings is 1. The molecule has 0 unspecified atom stereocenters. The lowest BCUT2D eigenvalue weighted by atomic mass is 10.2. The molecule has 1 aliphatic heterocycles. The predicted octanol–water partition coefficient (Wildman–Crippen LogP) is 3.12. The Morgan fingerprint density at radius 3 is 2.62 bits per heavy atom. The Morgan fingerprint density at radius 2 is 1.92 bits per heavy atom. The highest BCUT2D eigenvalue weighted by molar-refractivity contribution is 5.93. The summed E-state index contributed by atoms with van der Waals surface area (Å²) in [5, 5.41) is 9.97. The predicted molar refractivity (Wildman–Crippen MR) is 96.2 cm³/mol. The summed E-state index contributed by atoms with van der Waals surface area (Å²) in [5.74, 6) is 0. The molecule has 1 fully saturated rings. The second-order valence-electron chi connectivity index (χ2n) is 6.25. The lowest BCUT2D eigenvalue weighted by molar-refractivity contribution is 0.251. The summed E-state index contributed by atoms with van der Waals surface area (Å²) >= 11 is 0. The van der Waals surface area contributed by atoms with Crippen molar-refractivity contribution < 1.29 is 4.79 Å². The zero-order valence-electron chi connectivity index (χ0n) is 14.2. The number of hydrogen-bond acceptors (Lipinski definition) is 3. The van der Waals surface area contributed by atoms with Crippen molar-refractivity contribution in [1.29, 1.82) is 0 Å². The number of urea groups is 1. The van der Waals surface area contributed by atoms with Crippen molar-refractivity contribution in [1.82, 2.24) is 15.1 Å². The fourth-order valence-electron chi connectivity index (χ4n) is 3.08. The van der Waals surface area contributed by atoms with Crippen LogP contribution in [-0.2, 0) is 13.6 Å². The number of nitrogens with one attached hydrogen (secondary N) is 2. The van der Waals surface area contributed by atoms with E-state index in [4.69, 9.17) is 0 Å². The summed E-state index contributed by atoms with van der Waals surface area (Å²) in [5.41, 5.74) is 2.95. The molecule has 2 N–H and O–H groups in total. The number of carbonyl (C=O) groups is 1. The summed E-state index contributed by atoms with van der Waals surface area (Å²) in [4.78, 5) is 14.6. The van der Waals surface area contributed by atoms with Gasteiger partial charge in [0.2, 0.25) is 0 Å². The molecule has 0 aliphatic carbocycles. The second kappa shape index (κ2) is 7.86. The van der Waals surface area contributed by atoms with E-state index < -0.39 is 0 Å². The summed E-state index contributed by atoms with van der Waals surface area (Å²) in [6, 6.07) is 7.84. The molecule has 24 heavy (non-hydrogen) atoms. The lowest BCUT2D eigenvalue weighted by Crippen LogP contribution is -2.30. The molecule has 0 saturated carbocycles. The molecule has 0 atom stereocenters. The van der Waals surface area contributed by atoms with Gasteiger partial charge in [0, 0.05) is 38.4 Å². The quantitative estimate of drug-likeness (QED) is 0.907. The van der Waals surface area contributed by atoms with Crippen LogP contribution in [-0.4, -0.2) is 28.9 Å². The molecular weight excluding hydrogens is 302 g/mol. The van der Waals surface area contributed by atoms with Crippen molar-refractivity contribution in [3.8, 4) is 0 Å². The van der Waals surface area contributed by atoms with Gasteiger partial charge in [0.1, 0.15) is 0 Å². The first-order valence-corrected chi connectivity index (χ1v) is 8.59. The Morgan fingerprint density at radius 1 is 1.17 bits per heavy atom. The molecule has 2 aromatic rings. The number of nitrogens with zero attached hydrogens (tertiary/aromatic N) is 3. The minimum Gasteiger partial charge on any atom is -0.370 e. The van der Waals surface area contributed by atoms with E-state index in [2.05, 4.69) is 26.7 Å². The third-order valence-corrected chi connectivity index (χ3v) is 4.31. The number of rotatable bonds is 4. The molecule has 0 radical (unpaired) electrons. The van der Waals surface area contributed by atoms with E-state index in [1.807, 2.05) is 31.4 Å². The molecule has 6 heteroatoms. The fraction of sp³-hybridized carbons (Fsp3) is 0.444. The van der Waals surface area contributed by atoms with E-state index in [1.54, 1.807) is 10.9 Å². The number of hydrogen-bond donors (Lipinski definition) is 2. The smallest absolute Gasteiger partial charge is 0.319 e. The Labute approximate surface area is 142 Å². The monoisotopic (exact) mass is 327 g/mol. The second-order valence-corrected chi connectivity index (χ2v) is 6.25. The van der Waals surface area contributed by atoms with Crippen LogP contribution >= 0.6 is 0 Å². The third-order valence-electron chi connectivity index (χ3n) is 4.31. The van der Waals surface area contributed by atoms with Crippen molar-refractivity contribution >= 4 is 17.4 Å². The van der Waals surface area contributed by atoms with Gasteiger partial charge in [0.25, 0.3) is 0 Å². The number of amides is 2. The molecule has 1 saturated heterocycles. The zero-order chi connectivity index (χ0) is 16.8. The minimum absolute atomic E-state index is 0.193. The van der Waals surface area contributed by atoms with Crippen LogP contribution in [0.3, 0.4) is 0 Å². The van der Waals surface area contributed by atoms with Crippen LogP contribution in [0.4, 0.5) is 16.2 Å². The summed E-state index contributed by atoms with van der Waals surface area (Å²) in [6.07, 6.45) is 8.65. The first-order valence-electron chi connectivity index (χ1n) is 8.59. The average Bonchev–Trinajstić information content (AvgIpc) is 2.83. The van der Waals surface area contributed by atoms with Crippen molar-refractivity contribution in [2.75, 3.05) is 23.3 Å². The average molecular weight is 327 g/mol. The maximum Gasteiger partial charge on any atom is 0.319 e.